The molecule has 0 bridgehead atoms. The number of aliphatic carboxylic acids is 2. The number of methoxy groups -OCH3 is 1. The first-order valence-corrected chi connectivity index (χ1v) is 15.2. The average molecular weight is 715 g/mol. The Kier molecular flexibility index (Phi) is 14.2. The second-order valence-corrected chi connectivity index (χ2v) is 10.9. The van der Waals surface area contributed by atoms with Crippen LogP contribution in [0.5, 0.6) is 5.88 Å². The van der Waals surface area contributed by atoms with Crippen molar-refractivity contribution in [1.82, 2.24) is 19.9 Å². The summed E-state index contributed by atoms with van der Waals surface area (Å²) in [4.78, 5) is 29.9. The zero-order chi connectivity index (χ0) is 36.8. The lowest BCUT2D eigenvalue weighted by Crippen LogP contribution is -2.40. The van der Waals surface area contributed by atoms with Gasteiger partial charge in [0.15, 0.2) is 17.3 Å². The van der Waals surface area contributed by atoms with E-state index in [9.17, 15) is 22.8 Å². The molecule has 50 heavy (non-hydrogen) atoms. The van der Waals surface area contributed by atoms with E-state index in [0.717, 1.165) is 17.3 Å². The van der Waals surface area contributed by atoms with Crippen LogP contribution >= 0.6 is 12.2 Å². The van der Waals surface area contributed by atoms with Crippen LogP contribution in [0.1, 0.15) is 34.4 Å². The molecule has 2 atom stereocenters. The molecular formula is C33H33F3N6O7S. The SMILES string of the molecule is COc1ccc(N(CCCc2cncn2Cc2ccc(C#N)cc2)C(=S)NCc2ccccc2C(F)(F)F)cn1.O=C(O)C(O)C(O)C(=O)O. The fourth-order valence-corrected chi connectivity index (χ4v) is 4.76. The van der Waals surface area contributed by atoms with Gasteiger partial charge in [-0.05, 0) is 60.5 Å². The summed E-state index contributed by atoms with van der Waals surface area (Å²) in [5.41, 5.74) is 2.78. The maximum atomic E-state index is 13.5. The molecule has 2 aromatic carbocycles. The van der Waals surface area contributed by atoms with Crippen molar-refractivity contribution < 1.29 is 47.9 Å². The minimum atomic E-state index is -4.46. The zero-order valence-corrected chi connectivity index (χ0v) is 27.3. The molecule has 0 aliphatic heterocycles. The number of ether oxygens (including phenoxy) is 1. The van der Waals surface area contributed by atoms with Crippen molar-refractivity contribution in [2.75, 3.05) is 18.6 Å². The Balaban J connectivity index is 0.000000588. The number of hydrogen-bond donors (Lipinski definition) is 5. The van der Waals surface area contributed by atoms with E-state index in [2.05, 4.69) is 21.4 Å². The Morgan fingerprint density at radius 1 is 1.04 bits per heavy atom. The summed E-state index contributed by atoms with van der Waals surface area (Å²) >= 11 is 5.63. The third-order valence-corrected chi connectivity index (χ3v) is 7.46. The molecule has 13 nitrogen and oxygen atoms in total. The number of carboxylic acid groups (broad SMARTS) is 2. The fraction of sp³-hybridized carbons (Fsp3) is 0.273. The van der Waals surface area contributed by atoms with E-state index in [1.807, 2.05) is 27.8 Å². The van der Waals surface area contributed by atoms with Crippen LogP contribution in [0.25, 0.3) is 0 Å². The molecule has 0 aliphatic carbocycles. The highest BCUT2D eigenvalue weighted by molar-refractivity contribution is 7.80. The summed E-state index contributed by atoms with van der Waals surface area (Å²) in [5, 5.41) is 44.8. The van der Waals surface area contributed by atoms with Crippen molar-refractivity contribution in [3.8, 4) is 11.9 Å². The summed E-state index contributed by atoms with van der Waals surface area (Å²) in [5.74, 6) is -3.10. The summed E-state index contributed by atoms with van der Waals surface area (Å²) < 4.78 is 47.6. The van der Waals surface area contributed by atoms with Crippen LogP contribution in [0.2, 0.25) is 0 Å². The van der Waals surface area contributed by atoms with Gasteiger partial charge in [0.25, 0.3) is 0 Å². The molecule has 2 unspecified atom stereocenters. The Morgan fingerprint density at radius 2 is 1.70 bits per heavy atom. The molecule has 264 valence electrons. The van der Waals surface area contributed by atoms with Gasteiger partial charge in [-0.25, -0.2) is 19.6 Å². The number of aliphatic hydroxyl groups is 2. The molecular weight excluding hydrogens is 681 g/mol. The number of pyridine rings is 1. The molecule has 0 fully saturated rings. The van der Waals surface area contributed by atoms with E-state index in [-0.39, 0.29) is 17.2 Å². The molecule has 2 aromatic heterocycles. The normalized spacial score (nSPS) is 12.0. The topological polar surface area (TPSA) is 194 Å². The van der Waals surface area contributed by atoms with Crippen LogP contribution in [0, 0.1) is 11.3 Å². The van der Waals surface area contributed by atoms with Crippen LogP contribution < -0.4 is 15.0 Å². The Bertz CT molecular complexity index is 1760. The van der Waals surface area contributed by atoms with Crippen molar-refractivity contribution in [3.63, 3.8) is 0 Å². The third kappa shape index (κ3) is 11.3. The Morgan fingerprint density at radius 3 is 2.26 bits per heavy atom. The average Bonchev–Trinajstić information content (AvgIpc) is 3.55. The maximum absolute atomic E-state index is 13.5. The van der Waals surface area contributed by atoms with Gasteiger partial charge in [-0.15, -0.1) is 0 Å². The van der Waals surface area contributed by atoms with Crippen molar-refractivity contribution in [2.45, 2.75) is 44.3 Å². The van der Waals surface area contributed by atoms with Gasteiger partial charge in [-0.3, -0.25) is 0 Å². The molecule has 4 aromatic rings. The predicted molar refractivity (Wildman–Crippen MR) is 177 cm³/mol. The van der Waals surface area contributed by atoms with E-state index in [0.29, 0.717) is 43.1 Å². The quantitative estimate of drug-likeness (QED) is 0.126. The molecule has 17 heteroatoms. The van der Waals surface area contributed by atoms with Crippen LogP contribution in [-0.4, -0.2) is 77.9 Å². The summed E-state index contributed by atoms with van der Waals surface area (Å²) in [6.07, 6.45) is -2.42. The monoisotopic (exact) mass is 714 g/mol. The van der Waals surface area contributed by atoms with Crippen molar-refractivity contribution in [2.24, 2.45) is 0 Å². The Labute approximate surface area is 289 Å². The number of aryl methyl sites for hydroxylation is 1. The number of halogens is 3. The lowest BCUT2D eigenvalue weighted by Gasteiger charge is -2.26. The number of carbonyl (C=O) groups is 2. The molecule has 0 saturated heterocycles. The standard InChI is InChI=1S/C29H27F3N6OS.C4H6O6/c1-39-27-13-12-25(18-35-27)38(28(40)36-16-23-5-2-3-7-26(23)29(30,31)32)14-4-6-24-17-34-20-37(24)19-22-10-8-21(15-33)9-11-22;5-1(3(7)8)2(6)4(9)10/h2-3,5,7-13,17-18,20H,4,6,14,16,19H2,1H3,(H,36,40);1-2,5-6H,(H,7,8)(H,9,10). The predicted octanol–water partition coefficient (Wildman–Crippen LogP) is 3.62. The molecule has 0 aliphatic rings. The minimum absolute atomic E-state index is 0.0774. The summed E-state index contributed by atoms with van der Waals surface area (Å²) in [6, 6.07) is 18.5. The number of nitriles is 1. The smallest absolute Gasteiger partial charge is 0.416 e. The summed E-state index contributed by atoms with van der Waals surface area (Å²) in [7, 11) is 1.52. The number of thiocarbonyl (C=S) groups is 1. The number of hydrogen-bond acceptors (Lipinski definition) is 9. The molecule has 0 radical (unpaired) electrons. The van der Waals surface area contributed by atoms with Gasteiger partial charge >= 0.3 is 18.1 Å². The van der Waals surface area contributed by atoms with Gasteiger partial charge in [-0.1, -0.05) is 30.3 Å². The number of rotatable bonds is 13. The molecule has 5 N–H and O–H groups in total. The van der Waals surface area contributed by atoms with E-state index >= 15 is 0 Å². The van der Waals surface area contributed by atoms with E-state index < -0.39 is 35.9 Å². The number of anilines is 1. The van der Waals surface area contributed by atoms with Gasteiger partial charge < -0.3 is 39.9 Å². The van der Waals surface area contributed by atoms with Gasteiger partial charge in [0.2, 0.25) is 5.88 Å². The van der Waals surface area contributed by atoms with Crippen molar-refractivity contribution >= 4 is 35.0 Å². The van der Waals surface area contributed by atoms with E-state index in [1.165, 1.54) is 19.2 Å². The first-order chi connectivity index (χ1) is 23.7. The largest absolute Gasteiger partial charge is 0.481 e. The molecule has 4 rings (SSSR count). The number of nitrogens with zero attached hydrogens (tertiary/aromatic N) is 5. The first-order valence-electron chi connectivity index (χ1n) is 14.8. The summed E-state index contributed by atoms with van der Waals surface area (Å²) in [6.45, 7) is 1.03. The second kappa shape index (κ2) is 18.3. The van der Waals surface area contributed by atoms with Gasteiger partial charge in [0.1, 0.15) is 0 Å². The second-order valence-electron chi connectivity index (χ2n) is 10.5. The van der Waals surface area contributed by atoms with E-state index in [4.69, 9.17) is 42.6 Å². The maximum Gasteiger partial charge on any atom is 0.416 e. The van der Waals surface area contributed by atoms with Gasteiger partial charge in [0, 0.05) is 37.6 Å². The highest BCUT2D eigenvalue weighted by atomic mass is 32.1. The third-order valence-electron chi connectivity index (χ3n) is 7.09. The van der Waals surface area contributed by atoms with Crippen molar-refractivity contribution in [3.05, 3.63) is 107 Å². The molecule has 2 heterocycles. The van der Waals surface area contributed by atoms with Crippen LogP contribution in [0.3, 0.4) is 0 Å². The van der Waals surface area contributed by atoms with Gasteiger partial charge in [-0.2, -0.15) is 18.4 Å². The number of aliphatic hydroxyl groups excluding tert-OH is 2. The fourth-order valence-electron chi connectivity index (χ4n) is 4.49. The zero-order valence-electron chi connectivity index (χ0n) is 26.5. The first kappa shape index (κ1) is 38.9. The highest BCUT2D eigenvalue weighted by Gasteiger charge is 2.33. The van der Waals surface area contributed by atoms with Crippen LogP contribution in [-0.2, 0) is 35.3 Å². The molecule has 0 amide bonds. The van der Waals surface area contributed by atoms with Crippen molar-refractivity contribution in [1.29, 1.82) is 5.26 Å². The number of aromatic nitrogens is 3. The molecule has 0 saturated carbocycles. The van der Waals surface area contributed by atoms with Gasteiger partial charge in [0.05, 0.1) is 42.5 Å². The lowest BCUT2D eigenvalue weighted by molar-refractivity contribution is -0.165. The number of benzene rings is 2. The van der Waals surface area contributed by atoms with Crippen LogP contribution in [0.15, 0.2) is 79.4 Å². The number of nitrogens with one attached hydrogen (secondary N) is 1. The minimum Gasteiger partial charge on any atom is -0.481 e. The lowest BCUT2D eigenvalue weighted by atomic mass is 10.1. The molecule has 0 spiro atoms. The van der Waals surface area contributed by atoms with E-state index in [1.54, 1.807) is 42.9 Å². The van der Waals surface area contributed by atoms with Crippen LogP contribution in [0.4, 0.5) is 18.9 Å². The highest BCUT2D eigenvalue weighted by Crippen LogP contribution is 2.31. The Hall–Kier alpha value is -5.57. The number of carboxylic acids is 2. The number of alkyl halides is 3. The number of imidazole rings is 1.